The molecule has 0 bridgehead atoms. The number of terminal acetylenes is 1. The first-order valence-electron chi connectivity index (χ1n) is 5.72. The van der Waals surface area contributed by atoms with Crippen LogP contribution in [0.3, 0.4) is 0 Å². The Balaban J connectivity index is 2.54. The van der Waals surface area contributed by atoms with Crippen LogP contribution in [0.2, 0.25) is 0 Å². The van der Waals surface area contributed by atoms with Crippen molar-refractivity contribution in [2.45, 2.75) is 24.3 Å². The monoisotopic (exact) mass is 298 g/mol. The Hall–Kier alpha value is -1.16. The summed E-state index contributed by atoms with van der Waals surface area (Å²) in [6, 6.07) is 7.36. The Morgan fingerprint density at radius 2 is 2.05 bits per heavy atom. The molecule has 19 heavy (non-hydrogen) atoms. The summed E-state index contributed by atoms with van der Waals surface area (Å²) in [4.78, 5) is 0.883. The van der Waals surface area contributed by atoms with Gasteiger partial charge in [0, 0.05) is 16.3 Å². The van der Waals surface area contributed by atoms with E-state index in [0.717, 1.165) is 4.90 Å². The molecule has 0 saturated carbocycles. The van der Waals surface area contributed by atoms with E-state index >= 15 is 0 Å². The second kappa shape index (κ2) is 6.33. The molecular formula is C13H18N2O2S2. The van der Waals surface area contributed by atoms with Crippen molar-refractivity contribution in [1.29, 1.82) is 0 Å². The minimum atomic E-state index is -3.39. The van der Waals surface area contributed by atoms with E-state index in [9.17, 15) is 8.42 Å². The number of thioether (sulfide) groups is 1. The highest BCUT2D eigenvalue weighted by atomic mass is 32.2. The molecule has 0 heterocycles. The Morgan fingerprint density at radius 1 is 1.42 bits per heavy atom. The molecule has 4 nitrogen and oxygen atoms in total. The highest BCUT2D eigenvalue weighted by Gasteiger charge is 2.22. The van der Waals surface area contributed by atoms with Gasteiger partial charge in [0.15, 0.2) is 0 Å². The summed E-state index contributed by atoms with van der Waals surface area (Å²) in [5.41, 5.74) is 5.57. The SMILES string of the molecule is C#CC(C)(C)NS(=O)(=O)CCSc1ccccc1N. The normalized spacial score (nSPS) is 12.1. The van der Waals surface area contributed by atoms with E-state index in [0.29, 0.717) is 11.4 Å². The van der Waals surface area contributed by atoms with Crippen molar-refractivity contribution in [3.05, 3.63) is 24.3 Å². The zero-order valence-electron chi connectivity index (χ0n) is 11.0. The van der Waals surface area contributed by atoms with Gasteiger partial charge in [-0.1, -0.05) is 18.1 Å². The Kier molecular flexibility index (Phi) is 5.29. The lowest BCUT2D eigenvalue weighted by Gasteiger charge is -2.19. The van der Waals surface area contributed by atoms with Crippen LogP contribution < -0.4 is 10.5 Å². The van der Waals surface area contributed by atoms with Crippen LogP contribution in [0, 0.1) is 12.3 Å². The lowest BCUT2D eigenvalue weighted by atomic mass is 10.1. The van der Waals surface area contributed by atoms with E-state index in [1.54, 1.807) is 19.9 Å². The van der Waals surface area contributed by atoms with Crippen molar-refractivity contribution in [2.75, 3.05) is 17.2 Å². The summed E-state index contributed by atoms with van der Waals surface area (Å²) in [6.07, 6.45) is 5.25. The third-order valence-corrected chi connectivity index (χ3v) is 5.21. The minimum Gasteiger partial charge on any atom is -0.398 e. The summed E-state index contributed by atoms with van der Waals surface area (Å²) >= 11 is 1.41. The number of anilines is 1. The number of sulfonamides is 1. The van der Waals surface area contributed by atoms with Gasteiger partial charge in [0.2, 0.25) is 10.0 Å². The number of para-hydroxylation sites is 1. The van der Waals surface area contributed by atoms with Crippen LogP contribution in [-0.2, 0) is 10.0 Å². The molecule has 0 radical (unpaired) electrons. The first-order chi connectivity index (χ1) is 8.76. The van der Waals surface area contributed by atoms with Crippen molar-refractivity contribution in [3.8, 4) is 12.3 Å². The average Bonchev–Trinajstić information content (AvgIpc) is 2.30. The molecule has 0 aliphatic rings. The number of hydrogen-bond donors (Lipinski definition) is 2. The predicted octanol–water partition coefficient (Wildman–Crippen LogP) is 1.69. The molecular weight excluding hydrogens is 280 g/mol. The quantitative estimate of drug-likeness (QED) is 0.476. The van der Waals surface area contributed by atoms with Gasteiger partial charge in [-0.2, -0.15) is 4.72 Å². The molecule has 0 aliphatic heterocycles. The lowest BCUT2D eigenvalue weighted by molar-refractivity contribution is 0.540. The molecule has 1 rings (SSSR count). The Bertz CT molecular complexity index is 575. The van der Waals surface area contributed by atoms with Gasteiger partial charge in [-0.25, -0.2) is 8.42 Å². The van der Waals surface area contributed by atoms with Crippen molar-refractivity contribution >= 4 is 27.5 Å². The van der Waals surface area contributed by atoms with Crippen LogP contribution in [0.4, 0.5) is 5.69 Å². The van der Waals surface area contributed by atoms with Crippen LogP contribution in [0.1, 0.15) is 13.8 Å². The molecule has 0 amide bonds. The third kappa shape index (κ3) is 5.55. The van der Waals surface area contributed by atoms with Gasteiger partial charge in [-0.05, 0) is 26.0 Å². The topological polar surface area (TPSA) is 72.2 Å². The maximum absolute atomic E-state index is 11.8. The molecule has 0 unspecified atom stereocenters. The summed E-state index contributed by atoms with van der Waals surface area (Å²) in [7, 11) is -3.39. The van der Waals surface area contributed by atoms with Crippen LogP contribution in [-0.4, -0.2) is 25.5 Å². The molecule has 6 heteroatoms. The van der Waals surface area contributed by atoms with Crippen molar-refractivity contribution in [2.24, 2.45) is 0 Å². The third-order valence-electron chi connectivity index (χ3n) is 2.30. The minimum absolute atomic E-state index is 0.00287. The van der Waals surface area contributed by atoms with E-state index in [1.165, 1.54) is 11.8 Å². The Morgan fingerprint density at radius 3 is 2.63 bits per heavy atom. The fraction of sp³-hybridized carbons (Fsp3) is 0.385. The Labute approximate surface area is 119 Å². The maximum Gasteiger partial charge on any atom is 0.213 e. The molecule has 0 aromatic heterocycles. The first-order valence-corrected chi connectivity index (χ1v) is 8.36. The predicted molar refractivity (Wildman–Crippen MR) is 81.4 cm³/mol. The molecule has 0 atom stereocenters. The van der Waals surface area contributed by atoms with Crippen molar-refractivity contribution < 1.29 is 8.42 Å². The number of nitrogen functional groups attached to an aromatic ring is 1. The van der Waals surface area contributed by atoms with Gasteiger partial charge in [0.25, 0.3) is 0 Å². The van der Waals surface area contributed by atoms with E-state index in [1.807, 2.05) is 18.2 Å². The molecule has 0 spiro atoms. The fourth-order valence-electron chi connectivity index (χ4n) is 1.34. The molecule has 0 aliphatic carbocycles. The molecule has 1 aromatic carbocycles. The van der Waals surface area contributed by atoms with Gasteiger partial charge in [0.05, 0.1) is 11.3 Å². The average molecular weight is 298 g/mol. The molecule has 104 valence electrons. The van der Waals surface area contributed by atoms with E-state index in [-0.39, 0.29) is 5.75 Å². The zero-order chi connectivity index (χ0) is 14.5. The summed E-state index contributed by atoms with van der Waals surface area (Å²) < 4.78 is 26.1. The fourth-order valence-corrected chi connectivity index (χ4v) is 4.12. The van der Waals surface area contributed by atoms with Crippen LogP contribution in [0.15, 0.2) is 29.2 Å². The molecule has 1 aromatic rings. The number of benzene rings is 1. The van der Waals surface area contributed by atoms with Gasteiger partial charge in [-0.15, -0.1) is 18.2 Å². The highest BCUT2D eigenvalue weighted by molar-refractivity contribution is 8.00. The first kappa shape index (κ1) is 15.9. The standard InChI is InChI=1S/C13H18N2O2S2/c1-4-13(2,3)15-19(16,17)10-9-18-12-8-6-5-7-11(12)14/h1,5-8,15H,9-10,14H2,2-3H3. The molecule has 0 saturated heterocycles. The second-order valence-electron chi connectivity index (χ2n) is 4.58. The van der Waals surface area contributed by atoms with Crippen LogP contribution >= 0.6 is 11.8 Å². The maximum atomic E-state index is 11.8. The van der Waals surface area contributed by atoms with E-state index in [2.05, 4.69) is 10.6 Å². The largest absolute Gasteiger partial charge is 0.398 e. The van der Waals surface area contributed by atoms with Crippen LogP contribution in [0.5, 0.6) is 0 Å². The molecule has 3 N–H and O–H groups in total. The van der Waals surface area contributed by atoms with Crippen molar-refractivity contribution in [1.82, 2.24) is 4.72 Å². The highest BCUT2D eigenvalue weighted by Crippen LogP contribution is 2.24. The summed E-state index contributed by atoms with van der Waals surface area (Å²) in [5, 5.41) is 0. The van der Waals surface area contributed by atoms with E-state index < -0.39 is 15.6 Å². The van der Waals surface area contributed by atoms with Gasteiger partial charge in [-0.3, -0.25) is 0 Å². The summed E-state index contributed by atoms with van der Waals surface area (Å²) in [5.74, 6) is 2.82. The zero-order valence-corrected chi connectivity index (χ0v) is 12.6. The van der Waals surface area contributed by atoms with Gasteiger partial charge >= 0.3 is 0 Å². The number of rotatable bonds is 6. The number of nitrogens with one attached hydrogen (secondary N) is 1. The van der Waals surface area contributed by atoms with Crippen LogP contribution in [0.25, 0.3) is 0 Å². The summed E-state index contributed by atoms with van der Waals surface area (Å²) in [6.45, 7) is 3.29. The lowest BCUT2D eigenvalue weighted by Crippen LogP contribution is -2.43. The van der Waals surface area contributed by atoms with Gasteiger partial charge in [0.1, 0.15) is 0 Å². The van der Waals surface area contributed by atoms with E-state index in [4.69, 9.17) is 12.2 Å². The number of nitrogens with two attached hydrogens (primary N) is 1. The van der Waals surface area contributed by atoms with Crippen molar-refractivity contribution in [3.63, 3.8) is 0 Å². The molecule has 0 fully saturated rings. The van der Waals surface area contributed by atoms with Gasteiger partial charge < -0.3 is 5.73 Å². The second-order valence-corrected chi connectivity index (χ2v) is 7.56. The smallest absolute Gasteiger partial charge is 0.213 e. The number of hydrogen-bond acceptors (Lipinski definition) is 4.